The highest BCUT2D eigenvalue weighted by atomic mass is 32.2. The van der Waals surface area contributed by atoms with Crippen LogP contribution in [-0.2, 0) is 21.3 Å². The van der Waals surface area contributed by atoms with E-state index in [0.717, 1.165) is 75.1 Å². The molecule has 4 aliphatic rings. The second-order valence-electron chi connectivity index (χ2n) is 16.0. The summed E-state index contributed by atoms with van der Waals surface area (Å²) in [6.07, 6.45) is 4.28. The average Bonchev–Trinajstić information content (AvgIpc) is 3.68. The minimum atomic E-state index is -4.37. The topological polar surface area (TPSA) is 146 Å². The van der Waals surface area contributed by atoms with E-state index >= 15 is 0 Å². The SMILES string of the molecule is C[C@H]1[C@H]2C[C@H](CC2Nc2ccccc2CN2CCN(c3ccc(C(=O)NS(=O)(=O)c4ccc(NCC5CCOCC5)c([N+](=O)[O-])c4)cc3)CC2)C1(C)C. The Balaban J connectivity index is 0.917. The molecule has 2 saturated carbocycles. The molecule has 3 N–H and O–H groups in total. The second-order valence-corrected chi connectivity index (χ2v) is 17.7. The number of hydrogen-bond donors (Lipinski definition) is 3. The van der Waals surface area contributed by atoms with Gasteiger partial charge in [0.25, 0.3) is 21.6 Å². The third-order valence-electron chi connectivity index (χ3n) is 12.7. The lowest BCUT2D eigenvalue weighted by Gasteiger charge is -2.41. The van der Waals surface area contributed by atoms with Crippen molar-refractivity contribution < 1.29 is 22.9 Å². The summed E-state index contributed by atoms with van der Waals surface area (Å²) in [4.78, 5) is 28.7. The van der Waals surface area contributed by atoms with Gasteiger partial charge in [0.15, 0.2) is 0 Å². The van der Waals surface area contributed by atoms with Crippen LogP contribution in [0.15, 0.2) is 71.6 Å². The van der Waals surface area contributed by atoms with Crippen LogP contribution in [0, 0.1) is 39.2 Å². The van der Waals surface area contributed by atoms with Gasteiger partial charge in [0.1, 0.15) is 5.69 Å². The summed E-state index contributed by atoms with van der Waals surface area (Å²) in [7, 11) is -4.37. The summed E-state index contributed by atoms with van der Waals surface area (Å²) in [6.45, 7) is 13.5. The van der Waals surface area contributed by atoms with Crippen LogP contribution >= 0.6 is 0 Å². The Labute approximate surface area is 312 Å². The molecule has 2 heterocycles. The summed E-state index contributed by atoms with van der Waals surface area (Å²) < 4.78 is 33.7. The van der Waals surface area contributed by atoms with Gasteiger partial charge in [0.05, 0.1) is 9.82 Å². The molecular weight excluding hydrogens is 693 g/mol. The Bertz CT molecular complexity index is 1900. The lowest BCUT2D eigenvalue weighted by molar-refractivity contribution is -0.384. The first-order chi connectivity index (χ1) is 25.4. The van der Waals surface area contributed by atoms with Gasteiger partial charge in [-0.1, -0.05) is 39.0 Å². The van der Waals surface area contributed by atoms with Crippen LogP contribution in [0.25, 0.3) is 0 Å². The third-order valence-corrected chi connectivity index (χ3v) is 14.1. The molecule has 284 valence electrons. The lowest BCUT2D eigenvalue weighted by Crippen LogP contribution is -2.46. The number of para-hydroxylation sites is 1. The molecule has 3 aromatic rings. The van der Waals surface area contributed by atoms with E-state index in [4.69, 9.17) is 4.74 Å². The number of benzene rings is 3. The maximum absolute atomic E-state index is 13.2. The first-order valence-corrected chi connectivity index (χ1v) is 20.5. The fourth-order valence-corrected chi connectivity index (χ4v) is 9.96. The molecular formula is C40H52N6O6S. The summed E-state index contributed by atoms with van der Waals surface area (Å²) in [5, 5.41) is 18.9. The molecule has 2 aliphatic heterocycles. The fraction of sp³-hybridized carbons (Fsp3) is 0.525. The largest absolute Gasteiger partial charge is 0.382 e. The highest BCUT2D eigenvalue weighted by Crippen LogP contribution is 2.59. The standard InChI is InChI=1S/C40H52N6O6S/c1-27-34-22-31(40(27,2)3)23-37(34)42-35-7-5-4-6-30(35)26-44-16-18-45(19-17-44)32-10-8-29(9-11-32)39(47)43-53(50,51)33-12-13-36(38(24-33)46(48)49)41-25-28-14-20-52-21-15-28/h4-13,24,27-28,31,34,37,41-42H,14-23,25-26H2,1-3H3,(H,43,47)/t27-,31+,34+,37?/m0/s1. The number of nitro groups is 1. The summed E-state index contributed by atoms with van der Waals surface area (Å²) in [6, 6.07) is 19.8. The average molecular weight is 745 g/mol. The summed E-state index contributed by atoms with van der Waals surface area (Å²) in [5.41, 5.74) is 4.01. The van der Waals surface area contributed by atoms with E-state index in [0.29, 0.717) is 37.1 Å². The molecule has 0 radical (unpaired) electrons. The van der Waals surface area contributed by atoms with Crippen molar-refractivity contribution in [3.8, 4) is 0 Å². The molecule has 7 rings (SSSR count). The van der Waals surface area contributed by atoms with E-state index in [1.807, 2.05) is 12.1 Å². The van der Waals surface area contributed by atoms with E-state index in [-0.39, 0.29) is 21.8 Å². The molecule has 0 aromatic heterocycles. The minimum Gasteiger partial charge on any atom is -0.382 e. The van der Waals surface area contributed by atoms with Gasteiger partial charge in [-0.3, -0.25) is 19.8 Å². The molecule has 1 amide bonds. The number of sulfonamides is 1. The van der Waals surface area contributed by atoms with Crippen LogP contribution in [0.2, 0.25) is 0 Å². The van der Waals surface area contributed by atoms with E-state index in [1.165, 1.54) is 36.2 Å². The van der Waals surface area contributed by atoms with E-state index in [2.05, 4.69) is 70.2 Å². The maximum atomic E-state index is 13.2. The number of nitrogens with one attached hydrogen (secondary N) is 3. The number of carbonyl (C=O) groups is 1. The number of rotatable bonds is 12. The Morgan fingerprint density at radius 1 is 0.962 bits per heavy atom. The molecule has 4 fully saturated rings. The predicted molar refractivity (Wildman–Crippen MR) is 207 cm³/mol. The summed E-state index contributed by atoms with van der Waals surface area (Å²) >= 11 is 0. The number of nitrogens with zero attached hydrogens (tertiary/aromatic N) is 3. The van der Waals surface area contributed by atoms with Crippen LogP contribution in [-0.4, -0.2) is 76.1 Å². The third kappa shape index (κ3) is 8.02. The molecule has 4 atom stereocenters. The van der Waals surface area contributed by atoms with Gasteiger partial charge in [0, 0.05) is 81.5 Å². The van der Waals surface area contributed by atoms with Gasteiger partial charge in [-0.05, 0) is 103 Å². The zero-order chi connectivity index (χ0) is 37.3. The van der Waals surface area contributed by atoms with Crippen LogP contribution in [0.3, 0.4) is 0 Å². The maximum Gasteiger partial charge on any atom is 0.293 e. The van der Waals surface area contributed by atoms with Crippen molar-refractivity contribution in [2.24, 2.45) is 29.1 Å². The van der Waals surface area contributed by atoms with E-state index in [1.54, 1.807) is 12.1 Å². The van der Waals surface area contributed by atoms with Gasteiger partial charge < -0.3 is 20.3 Å². The van der Waals surface area contributed by atoms with Crippen molar-refractivity contribution >= 4 is 38.7 Å². The Hall–Kier alpha value is -4.20. The number of anilines is 3. The number of amides is 1. The minimum absolute atomic E-state index is 0.178. The number of hydrogen-bond acceptors (Lipinski definition) is 10. The molecule has 3 aromatic carbocycles. The van der Waals surface area contributed by atoms with Crippen molar-refractivity contribution in [3.63, 3.8) is 0 Å². The van der Waals surface area contributed by atoms with Gasteiger partial charge in [-0.2, -0.15) is 0 Å². The van der Waals surface area contributed by atoms with Crippen LogP contribution < -0.4 is 20.3 Å². The van der Waals surface area contributed by atoms with Gasteiger partial charge in [0.2, 0.25) is 0 Å². The van der Waals surface area contributed by atoms with Crippen molar-refractivity contribution in [2.45, 2.75) is 63.9 Å². The molecule has 2 saturated heterocycles. The Kier molecular flexibility index (Phi) is 10.7. The fourth-order valence-electron chi connectivity index (χ4n) is 8.97. The quantitative estimate of drug-likeness (QED) is 0.142. The number of piperazine rings is 1. The number of carbonyl (C=O) groups excluding carboxylic acids is 1. The van der Waals surface area contributed by atoms with Crippen molar-refractivity contribution in [2.75, 3.05) is 61.5 Å². The number of fused-ring (bicyclic) bond motifs is 2. The first-order valence-electron chi connectivity index (χ1n) is 19.0. The van der Waals surface area contributed by atoms with Crippen LogP contribution in [0.1, 0.15) is 62.4 Å². The van der Waals surface area contributed by atoms with Crippen LogP contribution in [0.5, 0.6) is 0 Å². The molecule has 12 nitrogen and oxygen atoms in total. The van der Waals surface area contributed by atoms with Crippen LogP contribution in [0.4, 0.5) is 22.7 Å². The molecule has 1 unspecified atom stereocenters. The molecule has 2 aliphatic carbocycles. The number of ether oxygens (including phenoxy) is 1. The van der Waals surface area contributed by atoms with Gasteiger partial charge >= 0.3 is 0 Å². The summed E-state index contributed by atoms with van der Waals surface area (Å²) in [5.74, 6) is 1.75. The monoisotopic (exact) mass is 744 g/mol. The Morgan fingerprint density at radius 2 is 1.68 bits per heavy atom. The molecule has 2 bridgehead atoms. The zero-order valence-electron chi connectivity index (χ0n) is 30.9. The number of nitro benzene ring substituents is 1. The van der Waals surface area contributed by atoms with E-state index < -0.39 is 20.9 Å². The lowest BCUT2D eigenvalue weighted by atomic mass is 9.68. The van der Waals surface area contributed by atoms with Crippen molar-refractivity contribution in [1.29, 1.82) is 0 Å². The predicted octanol–water partition coefficient (Wildman–Crippen LogP) is 6.36. The normalized spacial score (nSPS) is 24.5. The highest BCUT2D eigenvalue weighted by molar-refractivity contribution is 7.90. The highest BCUT2D eigenvalue weighted by Gasteiger charge is 2.55. The van der Waals surface area contributed by atoms with Crippen molar-refractivity contribution in [1.82, 2.24) is 9.62 Å². The molecule has 53 heavy (non-hydrogen) atoms. The smallest absolute Gasteiger partial charge is 0.293 e. The first kappa shape index (κ1) is 37.1. The zero-order valence-corrected chi connectivity index (χ0v) is 31.7. The van der Waals surface area contributed by atoms with E-state index in [9.17, 15) is 23.3 Å². The van der Waals surface area contributed by atoms with Gasteiger partial charge in [-0.15, -0.1) is 0 Å². The second kappa shape index (κ2) is 15.3. The molecule has 13 heteroatoms. The van der Waals surface area contributed by atoms with Crippen molar-refractivity contribution in [3.05, 3.63) is 88.0 Å². The molecule has 0 spiro atoms. The van der Waals surface area contributed by atoms with Gasteiger partial charge in [-0.25, -0.2) is 13.1 Å². The Morgan fingerprint density at radius 3 is 2.36 bits per heavy atom.